The fourth-order valence-electron chi connectivity index (χ4n) is 1.71. The number of halogens is 1. The van der Waals surface area contributed by atoms with Gasteiger partial charge in [0, 0.05) is 6.54 Å². The van der Waals surface area contributed by atoms with Crippen LogP contribution in [0.5, 0.6) is 0 Å². The molecule has 1 unspecified atom stereocenters. The van der Waals surface area contributed by atoms with E-state index in [9.17, 15) is 0 Å². The number of hydrogen-bond donors (Lipinski definition) is 1. The van der Waals surface area contributed by atoms with Crippen LogP contribution in [0.1, 0.15) is 40.2 Å². The standard InChI is InChI=1S/C12H18BNO2.C2H6.ClH/c1-9-12(2,3)16-13(15-9)11-6-4-10(8-14)5-7-11;1-2;/h4-7,9H,8,14H2,1-3H3;1-2H3;1H. The second-order valence-corrected chi connectivity index (χ2v) is 4.78. The summed E-state index contributed by atoms with van der Waals surface area (Å²) >= 11 is 0. The molecule has 1 saturated heterocycles. The molecule has 2 rings (SSSR count). The maximum atomic E-state index is 5.87. The van der Waals surface area contributed by atoms with E-state index in [1.807, 2.05) is 58.9 Å². The van der Waals surface area contributed by atoms with Gasteiger partial charge in [0.2, 0.25) is 0 Å². The lowest BCUT2D eigenvalue weighted by Crippen LogP contribution is -2.34. The Kier molecular flexibility index (Phi) is 7.68. The maximum absolute atomic E-state index is 5.87. The average Bonchev–Trinajstić information content (AvgIpc) is 2.66. The summed E-state index contributed by atoms with van der Waals surface area (Å²) in [4.78, 5) is 0. The Morgan fingerprint density at radius 1 is 1.21 bits per heavy atom. The summed E-state index contributed by atoms with van der Waals surface area (Å²) in [5.41, 5.74) is 7.50. The lowest BCUT2D eigenvalue weighted by molar-refractivity contribution is 0.0842. The molecule has 0 aromatic heterocycles. The van der Waals surface area contributed by atoms with Crippen LogP contribution in [-0.2, 0) is 15.9 Å². The van der Waals surface area contributed by atoms with E-state index < -0.39 is 0 Å². The molecule has 1 aromatic carbocycles. The van der Waals surface area contributed by atoms with Crippen LogP contribution in [0.15, 0.2) is 24.3 Å². The first-order valence-electron chi connectivity index (χ1n) is 6.65. The first-order chi connectivity index (χ1) is 8.53. The van der Waals surface area contributed by atoms with Crippen molar-refractivity contribution < 1.29 is 9.31 Å². The van der Waals surface area contributed by atoms with Crippen molar-refractivity contribution in [3.63, 3.8) is 0 Å². The lowest BCUT2D eigenvalue weighted by atomic mass is 9.79. The summed E-state index contributed by atoms with van der Waals surface area (Å²) in [6, 6.07) is 8.05. The number of hydrogen-bond acceptors (Lipinski definition) is 3. The van der Waals surface area contributed by atoms with Crippen LogP contribution in [0, 0.1) is 0 Å². The molecular formula is C14H25BClNO2. The van der Waals surface area contributed by atoms with Gasteiger partial charge in [-0.2, -0.15) is 0 Å². The third kappa shape index (κ3) is 4.50. The Morgan fingerprint density at radius 2 is 1.74 bits per heavy atom. The van der Waals surface area contributed by atoms with E-state index in [1.165, 1.54) is 0 Å². The summed E-state index contributed by atoms with van der Waals surface area (Å²) in [5.74, 6) is 0. The third-order valence-electron chi connectivity index (χ3n) is 3.21. The van der Waals surface area contributed by atoms with Gasteiger partial charge in [0.05, 0.1) is 11.7 Å². The fraction of sp³-hybridized carbons (Fsp3) is 0.571. The molecule has 19 heavy (non-hydrogen) atoms. The first kappa shape index (κ1) is 18.5. The average molecular weight is 286 g/mol. The Morgan fingerprint density at radius 3 is 2.11 bits per heavy atom. The molecule has 1 aromatic rings. The second kappa shape index (κ2) is 7.90. The molecule has 0 saturated carbocycles. The van der Waals surface area contributed by atoms with Crippen molar-refractivity contribution in [3.05, 3.63) is 29.8 Å². The van der Waals surface area contributed by atoms with E-state index in [2.05, 4.69) is 0 Å². The molecule has 108 valence electrons. The second-order valence-electron chi connectivity index (χ2n) is 4.78. The molecule has 0 radical (unpaired) electrons. The largest absolute Gasteiger partial charge is 0.494 e. The molecule has 1 aliphatic heterocycles. The molecule has 1 atom stereocenters. The van der Waals surface area contributed by atoms with Gasteiger partial charge in [-0.3, -0.25) is 0 Å². The van der Waals surface area contributed by atoms with Gasteiger partial charge in [-0.15, -0.1) is 12.4 Å². The minimum Gasteiger partial charge on any atom is -0.402 e. The highest BCUT2D eigenvalue weighted by molar-refractivity contribution is 6.61. The van der Waals surface area contributed by atoms with Crippen molar-refractivity contribution in [1.82, 2.24) is 0 Å². The zero-order valence-corrected chi connectivity index (χ0v) is 13.3. The predicted molar refractivity (Wildman–Crippen MR) is 84.0 cm³/mol. The zero-order chi connectivity index (χ0) is 13.8. The molecule has 1 heterocycles. The molecule has 3 nitrogen and oxygen atoms in total. The molecule has 0 bridgehead atoms. The van der Waals surface area contributed by atoms with E-state index in [1.54, 1.807) is 0 Å². The zero-order valence-electron chi connectivity index (χ0n) is 12.5. The number of nitrogens with two attached hydrogens (primary N) is 1. The van der Waals surface area contributed by atoms with Crippen LogP contribution in [0.2, 0.25) is 0 Å². The van der Waals surface area contributed by atoms with Crippen molar-refractivity contribution in [2.45, 2.75) is 52.9 Å². The quantitative estimate of drug-likeness (QED) is 0.849. The maximum Gasteiger partial charge on any atom is 0.494 e. The Bertz CT molecular complexity index is 370. The smallest absolute Gasteiger partial charge is 0.402 e. The minimum absolute atomic E-state index is 0. The van der Waals surface area contributed by atoms with Crippen molar-refractivity contribution in [3.8, 4) is 0 Å². The molecular weight excluding hydrogens is 260 g/mol. The Hall–Kier alpha value is -0.545. The normalized spacial score (nSPS) is 20.3. The van der Waals surface area contributed by atoms with E-state index in [4.69, 9.17) is 15.0 Å². The summed E-state index contributed by atoms with van der Waals surface area (Å²) in [6.07, 6.45) is 0.103. The van der Waals surface area contributed by atoms with Crippen molar-refractivity contribution in [2.24, 2.45) is 5.73 Å². The number of benzene rings is 1. The van der Waals surface area contributed by atoms with Gasteiger partial charge in [0.1, 0.15) is 0 Å². The molecule has 0 spiro atoms. The van der Waals surface area contributed by atoms with Crippen LogP contribution >= 0.6 is 12.4 Å². The molecule has 0 aliphatic carbocycles. The highest BCUT2D eigenvalue weighted by Crippen LogP contribution is 2.26. The van der Waals surface area contributed by atoms with Crippen LogP contribution in [0.3, 0.4) is 0 Å². The summed E-state index contributed by atoms with van der Waals surface area (Å²) < 4.78 is 11.6. The Balaban J connectivity index is 0.00000103. The van der Waals surface area contributed by atoms with Crippen LogP contribution < -0.4 is 11.2 Å². The monoisotopic (exact) mass is 285 g/mol. The molecule has 1 fully saturated rings. The van der Waals surface area contributed by atoms with Gasteiger partial charge in [0.25, 0.3) is 0 Å². The van der Waals surface area contributed by atoms with E-state index in [-0.39, 0.29) is 31.2 Å². The van der Waals surface area contributed by atoms with E-state index in [0.29, 0.717) is 6.54 Å². The molecule has 1 aliphatic rings. The number of rotatable bonds is 2. The van der Waals surface area contributed by atoms with Crippen LogP contribution in [0.25, 0.3) is 0 Å². The summed E-state index contributed by atoms with van der Waals surface area (Å²) in [5, 5.41) is 0. The van der Waals surface area contributed by atoms with Gasteiger partial charge in [-0.25, -0.2) is 0 Å². The van der Waals surface area contributed by atoms with Gasteiger partial charge < -0.3 is 15.0 Å². The van der Waals surface area contributed by atoms with Gasteiger partial charge in [-0.1, -0.05) is 38.1 Å². The van der Waals surface area contributed by atoms with Crippen molar-refractivity contribution in [1.29, 1.82) is 0 Å². The van der Waals surface area contributed by atoms with Gasteiger partial charge in [-0.05, 0) is 31.8 Å². The molecule has 2 N–H and O–H groups in total. The van der Waals surface area contributed by atoms with Crippen molar-refractivity contribution >= 4 is 25.0 Å². The summed E-state index contributed by atoms with van der Waals surface area (Å²) in [7, 11) is -0.253. The molecule has 0 amide bonds. The van der Waals surface area contributed by atoms with Crippen LogP contribution in [-0.4, -0.2) is 18.8 Å². The topological polar surface area (TPSA) is 44.5 Å². The van der Waals surface area contributed by atoms with Crippen molar-refractivity contribution in [2.75, 3.05) is 0 Å². The first-order valence-corrected chi connectivity index (χ1v) is 6.65. The molecule has 5 heteroatoms. The van der Waals surface area contributed by atoms with Gasteiger partial charge >= 0.3 is 7.12 Å². The van der Waals surface area contributed by atoms with Crippen LogP contribution in [0.4, 0.5) is 0 Å². The summed E-state index contributed by atoms with van der Waals surface area (Å²) in [6.45, 7) is 10.7. The highest BCUT2D eigenvalue weighted by Gasteiger charge is 2.43. The van der Waals surface area contributed by atoms with E-state index >= 15 is 0 Å². The SMILES string of the molecule is CC.CC1OB(c2ccc(CN)cc2)OC1(C)C.Cl. The highest BCUT2D eigenvalue weighted by atomic mass is 35.5. The Labute approximate surface area is 123 Å². The predicted octanol–water partition coefficient (Wildman–Crippen LogP) is 2.50. The van der Waals surface area contributed by atoms with E-state index in [0.717, 1.165) is 11.0 Å². The fourth-order valence-corrected chi connectivity index (χ4v) is 1.71. The lowest BCUT2D eigenvalue weighted by Gasteiger charge is -2.21. The van der Waals surface area contributed by atoms with Gasteiger partial charge in [0.15, 0.2) is 0 Å². The minimum atomic E-state index is -0.253. The third-order valence-corrected chi connectivity index (χ3v) is 3.21.